The minimum Gasteiger partial charge on any atom is -0.353 e. The average Bonchev–Trinajstić information content (AvgIpc) is 3.09. The van der Waals surface area contributed by atoms with Gasteiger partial charge < -0.3 is 10.3 Å². The van der Waals surface area contributed by atoms with Crippen LogP contribution >= 0.6 is 0 Å². The first-order chi connectivity index (χ1) is 15.8. The summed E-state index contributed by atoms with van der Waals surface area (Å²) in [6.07, 6.45) is 0.975. The molecule has 1 saturated carbocycles. The molecular formula is C24H20F3N3O3. The Morgan fingerprint density at radius 1 is 0.939 bits per heavy atom. The summed E-state index contributed by atoms with van der Waals surface area (Å²) in [5.41, 5.74) is 2.11. The van der Waals surface area contributed by atoms with Gasteiger partial charge in [-0.05, 0) is 60.2 Å². The maximum Gasteiger partial charge on any atom is 0.227 e. The van der Waals surface area contributed by atoms with Crippen molar-refractivity contribution in [3.63, 3.8) is 0 Å². The van der Waals surface area contributed by atoms with Crippen molar-refractivity contribution in [1.82, 2.24) is 15.6 Å². The molecule has 2 aromatic carbocycles. The van der Waals surface area contributed by atoms with Crippen LogP contribution in [-0.4, -0.2) is 28.7 Å². The average molecular weight is 455 g/mol. The number of imide groups is 1. The zero-order valence-corrected chi connectivity index (χ0v) is 17.4. The number of rotatable bonds is 4. The number of hydrogen-bond donors (Lipinski definition) is 3. The number of carbonyl (C=O) groups excluding carboxylic acids is 3. The second-order valence-corrected chi connectivity index (χ2v) is 8.68. The van der Waals surface area contributed by atoms with E-state index in [0.29, 0.717) is 35.0 Å². The van der Waals surface area contributed by atoms with Gasteiger partial charge in [-0.15, -0.1) is 0 Å². The van der Waals surface area contributed by atoms with Gasteiger partial charge in [0.2, 0.25) is 17.7 Å². The fourth-order valence-corrected chi connectivity index (χ4v) is 4.76. The number of aromatic amines is 1. The molecule has 0 radical (unpaired) electrons. The highest BCUT2D eigenvalue weighted by molar-refractivity contribution is 6.02. The number of benzene rings is 2. The van der Waals surface area contributed by atoms with E-state index in [-0.39, 0.29) is 36.2 Å². The Morgan fingerprint density at radius 2 is 1.61 bits per heavy atom. The zero-order chi connectivity index (χ0) is 23.3. The number of fused-ring (bicyclic) bond motifs is 1. The third-order valence-corrected chi connectivity index (χ3v) is 6.40. The summed E-state index contributed by atoms with van der Waals surface area (Å²) in [7, 11) is 0. The molecule has 0 bridgehead atoms. The predicted octanol–water partition coefficient (Wildman–Crippen LogP) is 3.67. The van der Waals surface area contributed by atoms with Crippen molar-refractivity contribution < 1.29 is 27.6 Å². The largest absolute Gasteiger partial charge is 0.353 e. The van der Waals surface area contributed by atoms with E-state index < -0.39 is 35.2 Å². The molecule has 3 N–H and O–H groups in total. The topological polar surface area (TPSA) is 91.1 Å². The monoisotopic (exact) mass is 455 g/mol. The van der Waals surface area contributed by atoms with Crippen molar-refractivity contribution in [2.45, 2.75) is 37.6 Å². The summed E-state index contributed by atoms with van der Waals surface area (Å²) >= 11 is 0. The summed E-state index contributed by atoms with van der Waals surface area (Å²) in [4.78, 5) is 38.6. The molecule has 1 aliphatic carbocycles. The zero-order valence-electron chi connectivity index (χ0n) is 17.4. The Morgan fingerprint density at radius 3 is 2.27 bits per heavy atom. The molecular weight excluding hydrogens is 435 g/mol. The first-order valence-electron chi connectivity index (χ1n) is 10.7. The van der Waals surface area contributed by atoms with Gasteiger partial charge in [0, 0.05) is 30.3 Å². The lowest BCUT2D eigenvalue weighted by Crippen LogP contribution is -2.49. The number of halogens is 3. The standard InChI is InChI=1S/C24H20F3N3O3/c25-14-3-1-11(2-4-14)22-21(17-9-15(26)10-18(27)23(17)30-22)12-5-16(6-12)28-24(33)13-7-19(31)29-20(32)8-13/h1-4,9-10,12-13,16,30H,5-8H2,(H,28,33)(H,29,31,32). The van der Waals surface area contributed by atoms with E-state index in [1.165, 1.54) is 18.2 Å². The van der Waals surface area contributed by atoms with Crippen LogP contribution in [-0.2, 0) is 14.4 Å². The molecule has 0 spiro atoms. The van der Waals surface area contributed by atoms with E-state index in [1.54, 1.807) is 12.1 Å². The van der Waals surface area contributed by atoms with Crippen molar-refractivity contribution in [2.75, 3.05) is 0 Å². The van der Waals surface area contributed by atoms with Crippen LogP contribution in [0.25, 0.3) is 22.2 Å². The first-order valence-corrected chi connectivity index (χ1v) is 10.7. The van der Waals surface area contributed by atoms with Gasteiger partial charge >= 0.3 is 0 Å². The van der Waals surface area contributed by atoms with Gasteiger partial charge in [-0.1, -0.05) is 0 Å². The smallest absolute Gasteiger partial charge is 0.227 e. The third kappa shape index (κ3) is 3.99. The maximum atomic E-state index is 14.5. The van der Waals surface area contributed by atoms with E-state index in [2.05, 4.69) is 15.6 Å². The summed E-state index contributed by atoms with van der Waals surface area (Å²) in [5, 5.41) is 5.47. The molecule has 0 unspecified atom stereocenters. The fraction of sp³-hybridized carbons (Fsp3) is 0.292. The number of hydrogen-bond acceptors (Lipinski definition) is 3. The lowest BCUT2D eigenvalue weighted by molar-refractivity contribution is -0.141. The van der Waals surface area contributed by atoms with Gasteiger partial charge in [0.05, 0.1) is 17.1 Å². The molecule has 170 valence electrons. The quantitative estimate of drug-likeness (QED) is 0.525. The van der Waals surface area contributed by atoms with Crippen LogP contribution in [0, 0.1) is 23.4 Å². The summed E-state index contributed by atoms with van der Waals surface area (Å²) in [5.74, 6) is -3.90. The van der Waals surface area contributed by atoms with Crippen molar-refractivity contribution in [2.24, 2.45) is 5.92 Å². The van der Waals surface area contributed by atoms with Gasteiger partial charge in [0.25, 0.3) is 0 Å². The molecule has 33 heavy (non-hydrogen) atoms. The molecule has 2 aliphatic rings. The maximum absolute atomic E-state index is 14.5. The molecule has 1 aliphatic heterocycles. The van der Waals surface area contributed by atoms with E-state index in [4.69, 9.17) is 0 Å². The minimum atomic E-state index is -0.718. The third-order valence-electron chi connectivity index (χ3n) is 6.40. The van der Waals surface area contributed by atoms with E-state index in [1.807, 2.05) is 0 Å². The van der Waals surface area contributed by atoms with E-state index >= 15 is 0 Å². The van der Waals surface area contributed by atoms with E-state index in [9.17, 15) is 27.6 Å². The molecule has 9 heteroatoms. The van der Waals surface area contributed by atoms with Crippen molar-refractivity contribution in [3.05, 3.63) is 59.4 Å². The van der Waals surface area contributed by atoms with Crippen LogP contribution in [0.15, 0.2) is 36.4 Å². The minimum absolute atomic E-state index is 0.0383. The Hall–Kier alpha value is -3.62. The van der Waals surface area contributed by atoms with Gasteiger partial charge in [0.15, 0.2) is 0 Å². The Kier molecular flexibility index (Phi) is 5.19. The highest BCUT2D eigenvalue weighted by Crippen LogP contribution is 2.45. The number of nitrogens with one attached hydrogen (secondary N) is 3. The van der Waals surface area contributed by atoms with Crippen molar-refractivity contribution in [3.8, 4) is 11.3 Å². The molecule has 1 saturated heterocycles. The number of H-pyrrole nitrogens is 1. The van der Waals surface area contributed by atoms with Crippen LogP contribution < -0.4 is 10.6 Å². The first kappa shape index (κ1) is 21.2. The molecule has 0 atom stereocenters. The summed E-state index contributed by atoms with van der Waals surface area (Å²) in [6, 6.07) is 7.63. The van der Waals surface area contributed by atoms with Gasteiger partial charge in [-0.2, -0.15) is 0 Å². The van der Waals surface area contributed by atoms with Crippen LogP contribution in [0.5, 0.6) is 0 Å². The molecule has 6 nitrogen and oxygen atoms in total. The second kappa shape index (κ2) is 8.06. The van der Waals surface area contributed by atoms with Gasteiger partial charge in [0.1, 0.15) is 17.5 Å². The van der Waals surface area contributed by atoms with Crippen LogP contribution in [0.3, 0.4) is 0 Å². The fourth-order valence-electron chi connectivity index (χ4n) is 4.76. The van der Waals surface area contributed by atoms with Crippen molar-refractivity contribution >= 4 is 28.6 Å². The van der Waals surface area contributed by atoms with Crippen LogP contribution in [0.4, 0.5) is 13.2 Å². The molecule has 3 amide bonds. The van der Waals surface area contributed by atoms with Crippen LogP contribution in [0.2, 0.25) is 0 Å². The Balaban J connectivity index is 1.39. The lowest BCUT2D eigenvalue weighted by Gasteiger charge is -2.37. The van der Waals surface area contributed by atoms with Gasteiger partial charge in [-0.3, -0.25) is 19.7 Å². The highest BCUT2D eigenvalue weighted by Gasteiger charge is 2.38. The second-order valence-electron chi connectivity index (χ2n) is 8.68. The number of amides is 3. The Labute approximate surface area is 186 Å². The highest BCUT2D eigenvalue weighted by atomic mass is 19.1. The molecule has 2 fully saturated rings. The Bertz CT molecular complexity index is 1260. The number of carbonyl (C=O) groups is 3. The number of piperidine rings is 1. The van der Waals surface area contributed by atoms with E-state index in [0.717, 1.165) is 6.07 Å². The predicted molar refractivity (Wildman–Crippen MR) is 113 cm³/mol. The molecule has 3 aromatic rings. The molecule has 5 rings (SSSR count). The lowest BCUT2D eigenvalue weighted by atomic mass is 9.74. The van der Waals surface area contributed by atoms with Crippen LogP contribution in [0.1, 0.15) is 37.2 Å². The molecule has 2 heterocycles. The summed E-state index contributed by atoms with van der Waals surface area (Å²) in [6.45, 7) is 0. The normalized spacial score (nSPS) is 21.1. The summed E-state index contributed by atoms with van der Waals surface area (Å²) < 4.78 is 41.9. The molecule has 1 aromatic heterocycles. The van der Waals surface area contributed by atoms with Gasteiger partial charge in [-0.25, -0.2) is 13.2 Å². The number of aromatic nitrogens is 1. The van der Waals surface area contributed by atoms with Crippen molar-refractivity contribution in [1.29, 1.82) is 0 Å². The SMILES string of the molecule is O=C1CC(C(=O)NC2CC(c3c(-c4ccc(F)cc4)[nH]c4c(F)cc(F)cc34)C2)CC(=O)N1.